The van der Waals surface area contributed by atoms with Crippen molar-refractivity contribution in [3.05, 3.63) is 23.7 Å². The standard InChI is InChI=1S/C19H34N4O3/c1-4-20-19(21-9-6-12-24-5-2)22-15-17(18-8-7-16(3)26-18)23-10-13-25-14-11-23/h7-8,17H,4-6,9-15H2,1-3H3,(H2,20,21,22). The zero-order chi connectivity index (χ0) is 18.6. The molecule has 0 aliphatic carbocycles. The van der Waals surface area contributed by atoms with E-state index >= 15 is 0 Å². The Morgan fingerprint density at radius 3 is 2.73 bits per heavy atom. The molecule has 1 aliphatic heterocycles. The lowest BCUT2D eigenvalue weighted by atomic mass is 10.1. The van der Waals surface area contributed by atoms with Crippen molar-refractivity contribution in [3.63, 3.8) is 0 Å². The molecule has 1 fully saturated rings. The number of hydrogen-bond donors (Lipinski definition) is 2. The van der Waals surface area contributed by atoms with E-state index in [1.807, 2.05) is 19.9 Å². The third-order valence-corrected chi connectivity index (χ3v) is 4.30. The first kappa shape index (κ1) is 20.7. The predicted molar refractivity (Wildman–Crippen MR) is 104 cm³/mol. The number of hydrogen-bond acceptors (Lipinski definition) is 5. The maximum absolute atomic E-state index is 5.91. The fraction of sp³-hybridized carbons (Fsp3) is 0.737. The highest BCUT2D eigenvalue weighted by Crippen LogP contribution is 2.24. The molecule has 2 heterocycles. The Morgan fingerprint density at radius 1 is 1.27 bits per heavy atom. The summed E-state index contributed by atoms with van der Waals surface area (Å²) in [6.45, 7) is 13.2. The first-order chi connectivity index (χ1) is 12.7. The van der Waals surface area contributed by atoms with E-state index in [4.69, 9.17) is 18.9 Å². The number of morpholine rings is 1. The van der Waals surface area contributed by atoms with Crippen LogP contribution in [0.5, 0.6) is 0 Å². The lowest BCUT2D eigenvalue weighted by molar-refractivity contribution is 0.0135. The molecule has 2 N–H and O–H groups in total. The normalized spacial score (nSPS) is 17.3. The van der Waals surface area contributed by atoms with Gasteiger partial charge in [0.25, 0.3) is 0 Å². The number of nitrogens with one attached hydrogen (secondary N) is 2. The monoisotopic (exact) mass is 366 g/mol. The molecule has 1 aromatic rings. The number of guanidine groups is 1. The molecule has 2 rings (SSSR count). The van der Waals surface area contributed by atoms with Crippen LogP contribution >= 0.6 is 0 Å². The summed E-state index contributed by atoms with van der Waals surface area (Å²) in [5, 5.41) is 6.69. The van der Waals surface area contributed by atoms with Crippen LogP contribution in [0, 0.1) is 6.92 Å². The SMILES string of the molecule is CCNC(=NCC(c1ccc(C)o1)N1CCOCC1)NCCCOCC. The molecule has 0 radical (unpaired) electrons. The average molecular weight is 367 g/mol. The van der Waals surface area contributed by atoms with Crippen LogP contribution < -0.4 is 10.6 Å². The topological polar surface area (TPSA) is 71.3 Å². The van der Waals surface area contributed by atoms with Crippen molar-refractivity contribution < 1.29 is 13.9 Å². The summed E-state index contributed by atoms with van der Waals surface area (Å²) >= 11 is 0. The van der Waals surface area contributed by atoms with Gasteiger partial charge in [0.15, 0.2) is 5.96 Å². The van der Waals surface area contributed by atoms with Gasteiger partial charge in [0.1, 0.15) is 11.5 Å². The summed E-state index contributed by atoms with van der Waals surface area (Å²) < 4.78 is 16.8. The maximum Gasteiger partial charge on any atom is 0.191 e. The highest BCUT2D eigenvalue weighted by atomic mass is 16.5. The van der Waals surface area contributed by atoms with Gasteiger partial charge in [-0.1, -0.05) is 0 Å². The number of furan rings is 1. The molecule has 0 amide bonds. The van der Waals surface area contributed by atoms with Gasteiger partial charge in [-0.25, -0.2) is 0 Å². The van der Waals surface area contributed by atoms with Crippen molar-refractivity contribution in [2.45, 2.75) is 33.2 Å². The number of aliphatic imine (C=N–C) groups is 1. The van der Waals surface area contributed by atoms with E-state index in [1.54, 1.807) is 0 Å². The first-order valence-corrected chi connectivity index (χ1v) is 9.72. The molecular weight excluding hydrogens is 332 g/mol. The smallest absolute Gasteiger partial charge is 0.191 e. The van der Waals surface area contributed by atoms with Crippen LogP contribution in [-0.2, 0) is 9.47 Å². The Morgan fingerprint density at radius 2 is 2.08 bits per heavy atom. The van der Waals surface area contributed by atoms with Crippen molar-refractivity contribution in [1.29, 1.82) is 0 Å². The fourth-order valence-corrected chi connectivity index (χ4v) is 2.95. The van der Waals surface area contributed by atoms with E-state index in [-0.39, 0.29) is 6.04 Å². The van der Waals surface area contributed by atoms with Gasteiger partial charge in [-0.2, -0.15) is 0 Å². The van der Waals surface area contributed by atoms with Crippen LogP contribution in [0.15, 0.2) is 21.5 Å². The zero-order valence-corrected chi connectivity index (χ0v) is 16.4. The first-order valence-electron chi connectivity index (χ1n) is 9.72. The molecule has 1 unspecified atom stereocenters. The van der Waals surface area contributed by atoms with Crippen LogP contribution in [0.2, 0.25) is 0 Å². The average Bonchev–Trinajstić information content (AvgIpc) is 3.08. The Kier molecular flexibility index (Phi) is 9.52. The molecule has 26 heavy (non-hydrogen) atoms. The third kappa shape index (κ3) is 6.97. The van der Waals surface area contributed by atoms with Gasteiger partial charge in [-0.05, 0) is 39.3 Å². The van der Waals surface area contributed by atoms with E-state index in [2.05, 4.69) is 28.5 Å². The van der Waals surface area contributed by atoms with E-state index in [0.717, 1.165) is 76.5 Å². The summed E-state index contributed by atoms with van der Waals surface area (Å²) in [5.74, 6) is 2.74. The summed E-state index contributed by atoms with van der Waals surface area (Å²) in [6, 6.07) is 4.21. The van der Waals surface area contributed by atoms with E-state index in [1.165, 1.54) is 0 Å². The molecule has 0 aromatic carbocycles. The van der Waals surface area contributed by atoms with Crippen LogP contribution in [0.4, 0.5) is 0 Å². The molecular formula is C19H34N4O3. The van der Waals surface area contributed by atoms with Gasteiger partial charge in [-0.15, -0.1) is 0 Å². The number of aryl methyl sites for hydroxylation is 1. The van der Waals surface area contributed by atoms with Gasteiger partial charge in [0, 0.05) is 39.4 Å². The Balaban J connectivity index is 1.97. The maximum atomic E-state index is 5.91. The molecule has 0 bridgehead atoms. The van der Waals surface area contributed by atoms with Crippen LogP contribution in [0.1, 0.15) is 37.8 Å². The summed E-state index contributed by atoms with van der Waals surface area (Å²) in [6.07, 6.45) is 0.961. The molecule has 1 atom stereocenters. The van der Waals surface area contributed by atoms with E-state index in [9.17, 15) is 0 Å². The molecule has 7 nitrogen and oxygen atoms in total. The summed E-state index contributed by atoms with van der Waals surface area (Å²) in [4.78, 5) is 7.20. The minimum absolute atomic E-state index is 0.131. The number of ether oxygens (including phenoxy) is 2. The molecule has 1 aliphatic rings. The van der Waals surface area contributed by atoms with Crippen molar-refractivity contribution >= 4 is 5.96 Å². The molecule has 0 spiro atoms. The second-order valence-corrected chi connectivity index (χ2v) is 6.31. The minimum Gasteiger partial charge on any atom is -0.465 e. The number of nitrogens with zero attached hydrogens (tertiary/aromatic N) is 2. The minimum atomic E-state index is 0.131. The van der Waals surface area contributed by atoms with Gasteiger partial charge >= 0.3 is 0 Å². The van der Waals surface area contributed by atoms with Crippen LogP contribution in [0.25, 0.3) is 0 Å². The zero-order valence-electron chi connectivity index (χ0n) is 16.4. The summed E-state index contributed by atoms with van der Waals surface area (Å²) in [5.41, 5.74) is 0. The van der Waals surface area contributed by atoms with Crippen molar-refractivity contribution in [3.8, 4) is 0 Å². The van der Waals surface area contributed by atoms with Gasteiger partial charge in [-0.3, -0.25) is 9.89 Å². The lowest BCUT2D eigenvalue weighted by Gasteiger charge is -2.32. The molecule has 7 heteroatoms. The summed E-state index contributed by atoms with van der Waals surface area (Å²) in [7, 11) is 0. The van der Waals surface area contributed by atoms with Crippen molar-refractivity contribution in [2.24, 2.45) is 4.99 Å². The quantitative estimate of drug-likeness (QED) is 0.375. The second-order valence-electron chi connectivity index (χ2n) is 6.31. The number of rotatable bonds is 10. The highest BCUT2D eigenvalue weighted by Gasteiger charge is 2.25. The Hall–Kier alpha value is -1.57. The van der Waals surface area contributed by atoms with Gasteiger partial charge in [0.05, 0.1) is 25.8 Å². The van der Waals surface area contributed by atoms with Gasteiger partial charge < -0.3 is 24.5 Å². The molecule has 1 aromatic heterocycles. The Labute approximate surface area is 157 Å². The molecule has 1 saturated heterocycles. The molecule has 148 valence electrons. The van der Waals surface area contributed by atoms with Crippen molar-refractivity contribution in [2.75, 3.05) is 59.2 Å². The van der Waals surface area contributed by atoms with E-state index < -0.39 is 0 Å². The van der Waals surface area contributed by atoms with Crippen LogP contribution in [0.3, 0.4) is 0 Å². The van der Waals surface area contributed by atoms with Crippen LogP contribution in [-0.4, -0.2) is 70.0 Å². The third-order valence-electron chi connectivity index (χ3n) is 4.30. The van der Waals surface area contributed by atoms with E-state index in [0.29, 0.717) is 6.54 Å². The van der Waals surface area contributed by atoms with Crippen molar-refractivity contribution in [1.82, 2.24) is 15.5 Å². The lowest BCUT2D eigenvalue weighted by Crippen LogP contribution is -2.42. The highest BCUT2D eigenvalue weighted by molar-refractivity contribution is 5.79. The molecule has 0 saturated carbocycles. The largest absolute Gasteiger partial charge is 0.465 e. The second kappa shape index (κ2) is 11.9. The Bertz CT molecular complexity index is 527. The fourth-order valence-electron chi connectivity index (χ4n) is 2.95. The van der Waals surface area contributed by atoms with Gasteiger partial charge in [0.2, 0.25) is 0 Å². The predicted octanol–water partition coefficient (Wildman–Crippen LogP) is 1.94.